The molecule has 144 valence electrons. The molecule has 10 nitrogen and oxygen atoms in total. The predicted molar refractivity (Wildman–Crippen MR) is 99.8 cm³/mol. The second-order valence-electron chi connectivity index (χ2n) is 6.03. The number of carbonyl (C=O) groups excluding carboxylic acids is 2. The third kappa shape index (κ3) is 4.06. The summed E-state index contributed by atoms with van der Waals surface area (Å²) in [7, 11) is 1.44. The Hall–Kier alpha value is -3.95. The van der Waals surface area contributed by atoms with Crippen LogP contribution in [0.25, 0.3) is 11.1 Å². The van der Waals surface area contributed by atoms with Gasteiger partial charge in [0.05, 0.1) is 23.1 Å². The fourth-order valence-electron chi connectivity index (χ4n) is 2.60. The van der Waals surface area contributed by atoms with Crippen molar-refractivity contribution in [2.45, 2.75) is 6.54 Å². The minimum atomic E-state index is -0.814. The number of nitro benzene ring substituents is 1. The van der Waals surface area contributed by atoms with Crippen molar-refractivity contribution in [2.75, 3.05) is 18.9 Å². The van der Waals surface area contributed by atoms with Crippen LogP contribution in [0, 0.1) is 10.1 Å². The number of benzene rings is 2. The van der Waals surface area contributed by atoms with Crippen LogP contribution < -0.4 is 11.1 Å². The first-order valence-electron chi connectivity index (χ1n) is 8.22. The van der Waals surface area contributed by atoms with Crippen LogP contribution in [0.1, 0.15) is 0 Å². The molecule has 0 aliphatic rings. The SMILES string of the molecule is CN(CC(=O)Nc1ccccc1)C(=O)Cn1c(=O)oc2cc([N+](=O)[O-])ccc21. The lowest BCUT2D eigenvalue weighted by atomic mass is 10.3. The van der Waals surface area contributed by atoms with Crippen molar-refractivity contribution < 1.29 is 18.9 Å². The smallest absolute Gasteiger partial charge is 0.407 e. The zero-order valence-electron chi connectivity index (χ0n) is 14.8. The van der Waals surface area contributed by atoms with Gasteiger partial charge in [-0.2, -0.15) is 0 Å². The van der Waals surface area contributed by atoms with Crippen molar-refractivity contribution in [1.29, 1.82) is 0 Å². The molecule has 0 spiro atoms. The van der Waals surface area contributed by atoms with Crippen molar-refractivity contribution in [3.63, 3.8) is 0 Å². The summed E-state index contributed by atoms with van der Waals surface area (Å²) in [6.45, 7) is -0.567. The molecule has 0 aliphatic carbocycles. The molecule has 3 rings (SSSR count). The molecule has 1 heterocycles. The average Bonchev–Trinajstić information content (AvgIpc) is 2.96. The van der Waals surface area contributed by atoms with Crippen molar-refractivity contribution >= 4 is 34.3 Å². The average molecular weight is 384 g/mol. The lowest BCUT2D eigenvalue weighted by Gasteiger charge is -2.17. The van der Waals surface area contributed by atoms with E-state index in [1.807, 2.05) is 6.07 Å². The van der Waals surface area contributed by atoms with Crippen molar-refractivity contribution in [2.24, 2.45) is 0 Å². The zero-order chi connectivity index (χ0) is 20.3. The van der Waals surface area contributed by atoms with Crippen LogP contribution in [0.3, 0.4) is 0 Å². The van der Waals surface area contributed by atoms with Gasteiger partial charge in [0.1, 0.15) is 6.54 Å². The maximum atomic E-state index is 12.4. The summed E-state index contributed by atoms with van der Waals surface area (Å²) in [4.78, 5) is 47.9. The highest BCUT2D eigenvalue weighted by Crippen LogP contribution is 2.20. The molecule has 0 bridgehead atoms. The van der Waals surface area contributed by atoms with Gasteiger partial charge < -0.3 is 14.6 Å². The van der Waals surface area contributed by atoms with Crippen LogP contribution in [0.2, 0.25) is 0 Å². The maximum absolute atomic E-state index is 12.4. The van der Waals surface area contributed by atoms with Crippen molar-refractivity contribution in [3.05, 3.63) is 69.2 Å². The number of para-hydroxylation sites is 1. The van der Waals surface area contributed by atoms with Crippen LogP contribution in [0.4, 0.5) is 11.4 Å². The number of oxazole rings is 1. The van der Waals surface area contributed by atoms with E-state index in [1.54, 1.807) is 24.3 Å². The number of carbonyl (C=O) groups is 2. The highest BCUT2D eigenvalue weighted by molar-refractivity contribution is 5.94. The molecule has 0 fully saturated rings. The summed E-state index contributed by atoms with van der Waals surface area (Å²) in [5.41, 5.74) is 0.643. The Balaban J connectivity index is 1.70. The van der Waals surface area contributed by atoms with Crippen LogP contribution in [-0.2, 0) is 16.1 Å². The number of hydrogen-bond donors (Lipinski definition) is 1. The molecular formula is C18H16N4O6. The highest BCUT2D eigenvalue weighted by Gasteiger charge is 2.19. The van der Waals surface area contributed by atoms with E-state index in [0.717, 1.165) is 10.6 Å². The summed E-state index contributed by atoms with van der Waals surface area (Å²) in [5.74, 6) is -1.69. The molecule has 0 aliphatic heterocycles. The number of nitro groups is 1. The monoisotopic (exact) mass is 384 g/mol. The van der Waals surface area contributed by atoms with E-state index < -0.39 is 16.6 Å². The fraction of sp³-hybridized carbons (Fsp3) is 0.167. The van der Waals surface area contributed by atoms with E-state index in [9.17, 15) is 24.5 Å². The van der Waals surface area contributed by atoms with E-state index >= 15 is 0 Å². The lowest BCUT2D eigenvalue weighted by molar-refractivity contribution is -0.384. The first-order chi connectivity index (χ1) is 13.3. The Labute approximate surface area is 158 Å². The van der Waals surface area contributed by atoms with Gasteiger partial charge in [0.2, 0.25) is 11.8 Å². The summed E-state index contributed by atoms with van der Waals surface area (Å²) >= 11 is 0. The third-order valence-corrected chi connectivity index (χ3v) is 4.02. The first kappa shape index (κ1) is 18.8. The van der Waals surface area contributed by atoms with Crippen LogP contribution >= 0.6 is 0 Å². The summed E-state index contributed by atoms with van der Waals surface area (Å²) in [6.07, 6.45) is 0. The topological polar surface area (TPSA) is 128 Å². The molecule has 0 saturated carbocycles. The minimum Gasteiger partial charge on any atom is -0.407 e. The summed E-state index contributed by atoms with van der Waals surface area (Å²) in [5, 5.41) is 13.5. The molecule has 3 aromatic rings. The number of nitrogens with one attached hydrogen (secondary N) is 1. The Morgan fingerprint density at radius 3 is 2.61 bits per heavy atom. The number of anilines is 1. The van der Waals surface area contributed by atoms with Gasteiger partial charge in [-0.1, -0.05) is 18.2 Å². The molecule has 2 amide bonds. The van der Waals surface area contributed by atoms with Gasteiger partial charge in [-0.25, -0.2) is 4.79 Å². The van der Waals surface area contributed by atoms with Gasteiger partial charge in [-0.05, 0) is 18.2 Å². The van der Waals surface area contributed by atoms with Gasteiger partial charge in [0.25, 0.3) is 5.69 Å². The third-order valence-electron chi connectivity index (χ3n) is 4.02. The van der Waals surface area contributed by atoms with Gasteiger partial charge in [-0.15, -0.1) is 0 Å². The quantitative estimate of drug-likeness (QED) is 0.508. The van der Waals surface area contributed by atoms with E-state index in [4.69, 9.17) is 4.42 Å². The molecule has 2 aromatic carbocycles. The van der Waals surface area contributed by atoms with Gasteiger partial charge in [0.15, 0.2) is 5.58 Å². The minimum absolute atomic E-state index is 0.0106. The molecule has 10 heteroatoms. The number of hydrogen-bond acceptors (Lipinski definition) is 6. The van der Waals surface area contributed by atoms with Crippen LogP contribution in [0.15, 0.2) is 57.7 Å². The molecule has 1 aromatic heterocycles. The predicted octanol–water partition coefficient (Wildman–Crippen LogP) is 1.60. The van der Waals surface area contributed by atoms with E-state index in [1.165, 1.54) is 24.1 Å². The van der Waals surface area contributed by atoms with Gasteiger partial charge in [0, 0.05) is 18.8 Å². The first-order valence-corrected chi connectivity index (χ1v) is 8.22. The van der Waals surface area contributed by atoms with Crippen LogP contribution in [0.5, 0.6) is 0 Å². The Morgan fingerprint density at radius 2 is 1.93 bits per heavy atom. The Morgan fingerprint density at radius 1 is 1.21 bits per heavy atom. The summed E-state index contributed by atoms with van der Waals surface area (Å²) in [6, 6.07) is 12.5. The second kappa shape index (κ2) is 7.74. The number of aromatic nitrogens is 1. The molecular weight excluding hydrogens is 368 g/mol. The number of fused-ring (bicyclic) bond motifs is 1. The standard InChI is InChI=1S/C18H16N4O6/c1-20(10-16(23)19-12-5-3-2-4-6-12)17(24)11-21-14-8-7-13(22(26)27)9-15(14)28-18(21)25/h2-9H,10-11H2,1H3,(H,19,23). The van der Waals surface area contributed by atoms with Gasteiger partial charge >= 0.3 is 5.76 Å². The Kier molecular flexibility index (Phi) is 5.21. The van der Waals surface area contributed by atoms with E-state index in [0.29, 0.717) is 5.69 Å². The van der Waals surface area contributed by atoms with Crippen LogP contribution in [-0.4, -0.2) is 39.8 Å². The number of rotatable bonds is 6. The molecule has 0 saturated heterocycles. The number of likely N-dealkylation sites (N-methyl/N-ethyl adjacent to an activating group) is 1. The number of nitrogens with zero attached hydrogens (tertiary/aromatic N) is 3. The number of amides is 2. The molecule has 1 N–H and O–H groups in total. The normalized spacial score (nSPS) is 10.6. The fourth-order valence-corrected chi connectivity index (χ4v) is 2.60. The maximum Gasteiger partial charge on any atom is 0.420 e. The molecule has 28 heavy (non-hydrogen) atoms. The van der Waals surface area contributed by atoms with E-state index in [2.05, 4.69) is 5.32 Å². The second-order valence-corrected chi connectivity index (χ2v) is 6.03. The largest absolute Gasteiger partial charge is 0.420 e. The zero-order valence-corrected chi connectivity index (χ0v) is 14.8. The molecule has 0 radical (unpaired) electrons. The molecule has 0 atom stereocenters. The Bertz CT molecular complexity index is 1100. The van der Waals surface area contributed by atoms with Crippen molar-refractivity contribution in [1.82, 2.24) is 9.47 Å². The van der Waals surface area contributed by atoms with Crippen molar-refractivity contribution in [3.8, 4) is 0 Å². The molecule has 0 unspecified atom stereocenters. The lowest BCUT2D eigenvalue weighted by Crippen LogP contribution is -2.38. The van der Waals surface area contributed by atoms with Gasteiger partial charge in [-0.3, -0.25) is 24.3 Å². The van der Waals surface area contributed by atoms with E-state index in [-0.39, 0.29) is 35.8 Å². The summed E-state index contributed by atoms with van der Waals surface area (Å²) < 4.78 is 6.05. The number of non-ortho nitro benzene ring substituents is 1. The highest BCUT2D eigenvalue weighted by atomic mass is 16.6.